The maximum Gasteiger partial charge on any atom is 0.264 e. The van der Waals surface area contributed by atoms with Crippen molar-refractivity contribution >= 4 is 38.6 Å². The summed E-state index contributed by atoms with van der Waals surface area (Å²) in [6.07, 6.45) is 1.57. The van der Waals surface area contributed by atoms with Crippen molar-refractivity contribution in [3.8, 4) is 0 Å². The van der Waals surface area contributed by atoms with Crippen molar-refractivity contribution in [2.75, 3.05) is 10.8 Å². The van der Waals surface area contributed by atoms with Crippen LogP contribution in [0.3, 0.4) is 0 Å². The second kappa shape index (κ2) is 10.1. The predicted octanol–water partition coefficient (Wildman–Crippen LogP) is 5.11. The summed E-state index contributed by atoms with van der Waals surface area (Å²) in [6, 6.07) is 25.8. The molecule has 0 aliphatic heterocycles. The number of aryl methyl sites for hydroxylation is 3. The number of nitrogens with one attached hydrogen (secondary N) is 1. The summed E-state index contributed by atoms with van der Waals surface area (Å²) in [5.74, 6) is -0.545. The van der Waals surface area contributed by atoms with Crippen molar-refractivity contribution in [3.63, 3.8) is 0 Å². The SMILES string of the molecule is Cc1ccc(S(=O)(=O)N(CC(=O)N/N=C\c2cccc3ccccc23)c2cc(C)cc(C)c2)cc1. The summed E-state index contributed by atoms with van der Waals surface area (Å²) in [4.78, 5) is 13.0. The van der Waals surface area contributed by atoms with Gasteiger partial charge in [-0.1, -0.05) is 66.2 Å². The molecule has 0 aromatic heterocycles. The number of nitrogens with zero attached hydrogens (tertiary/aromatic N) is 2. The zero-order chi connectivity index (χ0) is 25.0. The Hall–Kier alpha value is -3.97. The van der Waals surface area contributed by atoms with Crippen LogP contribution in [0.1, 0.15) is 22.3 Å². The topological polar surface area (TPSA) is 78.8 Å². The third-order valence-corrected chi connectivity index (χ3v) is 7.39. The Kier molecular flexibility index (Phi) is 6.98. The quantitative estimate of drug-likeness (QED) is 0.292. The lowest BCUT2D eigenvalue weighted by atomic mass is 10.1. The lowest BCUT2D eigenvalue weighted by molar-refractivity contribution is -0.119. The number of carbonyl (C=O) groups is 1. The van der Waals surface area contributed by atoms with E-state index in [9.17, 15) is 13.2 Å². The van der Waals surface area contributed by atoms with E-state index in [4.69, 9.17) is 0 Å². The lowest BCUT2D eigenvalue weighted by Gasteiger charge is -2.24. The number of sulfonamides is 1. The highest BCUT2D eigenvalue weighted by atomic mass is 32.2. The van der Waals surface area contributed by atoms with Gasteiger partial charge in [0.1, 0.15) is 6.54 Å². The van der Waals surface area contributed by atoms with E-state index in [1.807, 2.05) is 69.3 Å². The van der Waals surface area contributed by atoms with E-state index in [0.29, 0.717) is 5.69 Å². The van der Waals surface area contributed by atoms with Gasteiger partial charge in [0.15, 0.2) is 0 Å². The zero-order valence-electron chi connectivity index (χ0n) is 19.9. The third-order valence-electron chi connectivity index (χ3n) is 5.61. The summed E-state index contributed by atoms with van der Waals surface area (Å²) >= 11 is 0. The molecule has 178 valence electrons. The van der Waals surface area contributed by atoms with Gasteiger partial charge in [0.05, 0.1) is 16.8 Å². The maximum atomic E-state index is 13.6. The van der Waals surface area contributed by atoms with Gasteiger partial charge >= 0.3 is 0 Å². The van der Waals surface area contributed by atoms with Crippen molar-refractivity contribution < 1.29 is 13.2 Å². The summed E-state index contributed by atoms with van der Waals surface area (Å²) in [5, 5.41) is 6.16. The number of hydrogen-bond donors (Lipinski definition) is 1. The summed E-state index contributed by atoms with van der Waals surface area (Å²) in [6.45, 7) is 5.26. The smallest absolute Gasteiger partial charge is 0.264 e. The number of carbonyl (C=O) groups excluding carboxylic acids is 1. The van der Waals surface area contributed by atoms with Crippen molar-refractivity contribution in [1.82, 2.24) is 5.43 Å². The molecule has 0 saturated heterocycles. The number of rotatable bonds is 7. The van der Waals surface area contributed by atoms with Crippen LogP contribution in [0, 0.1) is 20.8 Å². The second-order valence-corrected chi connectivity index (χ2v) is 10.4. The first-order valence-electron chi connectivity index (χ1n) is 11.2. The van der Waals surface area contributed by atoms with Gasteiger partial charge in [-0.3, -0.25) is 9.10 Å². The van der Waals surface area contributed by atoms with E-state index in [0.717, 1.165) is 37.3 Å². The fourth-order valence-corrected chi connectivity index (χ4v) is 5.35. The summed E-state index contributed by atoms with van der Waals surface area (Å²) in [5.41, 5.74) is 6.51. The zero-order valence-corrected chi connectivity index (χ0v) is 20.7. The minimum absolute atomic E-state index is 0.120. The van der Waals surface area contributed by atoms with Gasteiger partial charge in [0, 0.05) is 5.56 Å². The highest BCUT2D eigenvalue weighted by molar-refractivity contribution is 7.92. The van der Waals surface area contributed by atoms with Crippen molar-refractivity contribution in [2.45, 2.75) is 25.7 Å². The monoisotopic (exact) mass is 485 g/mol. The van der Waals surface area contributed by atoms with Gasteiger partial charge in [-0.15, -0.1) is 0 Å². The van der Waals surface area contributed by atoms with Crippen LogP contribution in [0.5, 0.6) is 0 Å². The molecule has 0 spiro atoms. The fraction of sp³-hybridized carbons (Fsp3) is 0.143. The van der Waals surface area contributed by atoms with Gasteiger partial charge in [-0.05, 0) is 66.9 Å². The summed E-state index contributed by atoms with van der Waals surface area (Å²) < 4.78 is 28.2. The molecule has 6 nitrogen and oxygen atoms in total. The van der Waals surface area contributed by atoms with E-state index >= 15 is 0 Å². The van der Waals surface area contributed by atoms with Crippen molar-refractivity contribution in [3.05, 3.63) is 107 Å². The number of anilines is 1. The first kappa shape index (κ1) is 24.2. The van der Waals surface area contributed by atoms with Crippen LogP contribution in [0.2, 0.25) is 0 Å². The number of fused-ring (bicyclic) bond motifs is 1. The number of hydrazone groups is 1. The van der Waals surface area contributed by atoms with Crippen LogP contribution in [0.15, 0.2) is 94.9 Å². The van der Waals surface area contributed by atoms with Crippen LogP contribution < -0.4 is 9.73 Å². The molecule has 4 aromatic carbocycles. The van der Waals surface area contributed by atoms with Gasteiger partial charge in [0.2, 0.25) is 0 Å². The van der Waals surface area contributed by atoms with Gasteiger partial charge in [0.25, 0.3) is 15.9 Å². The Labute approximate surface area is 206 Å². The van der Waals surface area contributed by atoms with E-state index in [1.54, 1.807) is 42.6 Å². The third kappa shape index (κ3) is 5.58. The van der Waals surface area contributed by atoms with Gasteiger partial charge < -0.3 is 0 Å². The summed E-state index contributed by atoms with van der Waals surface area (Å²) in [7, 11) is -3.98. The Bertz CT molecular complexity index is 1490. The molecule has 0 radical (unpaired) electrons. The molecule has 0 atom stereocenters. The molecular formula is C28H27N3O3S. The van der Waals surface area contributed by atoms with Crippen molar-refractivity contribution in [2.24, 2.45) is 5.10 Å². The number of hydrogen-bond acceptors (Lipinski definition) is 4. The molecule has 0 unspecified atom stereocenters. The molecule has 0 saturated carbocycles. The van der Waals surface area contributed by atoms with Gasteiger partial charge in [-0.2, -0.15) is 5.10 Å². The van der Waals surface area contributed by atoms with Crippen LogP contribution in [0.25, 0.3) is 10.8 Å². The number of benzene rings is 4. The van der Waals surface area contributed by atoms with Crippen molar-refractivity contribution in [1.29, 1.82) is 0 Å². The van der Waals surface area contributed by atoms with Crippen LogP contribution in [0.4, 0.5) is 5.69 Å². The Morgan fingerprint density at radius 2 is 1.51 bits per heavy atom. The molecule has 4 rings (SSSR count). The first-order valence-corrected chi connectivity index (χ1v) is 12.7. The highest BCUT2D eigenvalue weighted by Crippen LogP contribution is 2.26. The first-order chi connectivity index (χ1) is 16.7. The molecule has 1 amide bonds. The van der Waals surface area contributed by atoms with E-state index in [2.05, 4.69) is 10.5 Å². The molecular weight excluding hydrogens is 458 g/mol. The van der Waals surface area contributed by atoms with E-state index in [-0.39, 0.29) is 4.90 Å². The molecule has 0 bridgehead atoms. The second-order valence-electron chi connectivity index (χ2n) is 8.53. The normalized spacial score (nSPS) is 11.6. The average molecular weight is 486 g/mol. The van der Waals surface area contributed by atoms with Crippen LogP contribution in [-0.2, 0) is 14.8 Å². The van der Waals surface area contributed by atoms with Crippen LogP contribution >= 0.6 is 0 Å². The largest absolute Gasteiger partial charge is 0.271 e. The Morgan fingerprint density at radius 3 is 2.23 bits per heavy atom. The van der Waals surface area contributed by atoms with E-state index < -0.39 is 22.5 Å². The van der Waals surface area contributed by atoms with Crippen LogP contribution in [-0.4, -0.2) is 27.1 Å². The van der Waals surface area contributed by atoms with E-state index in [1.165, 1.54) is 0 Å². The average Bonchev–Trinajstić information content (AvgIpc) is 2.82. The Morgan fingerprint density at radius 1 is 0.857 bits per heavy atom. The molecule has 4 aromatic rings. The maximum absolute atomic E-state index is 13.6. The molecule has 35 heavy (non-hydrogen) atoms. The molecule has 1 N–H and O–H groups in total. The standard InChI is InChI=1S/C28H27N3O3S/c1-20-11-13-26(14-12-20)35(33,34)31(25-16-21(2)15-22(3)17-25)19-28(32)30-29-18-24-9-6-8-23-7-4-5-10-27(23)24/h4-18H,19H2,1-3H3,(H,30,32)/b29-18-. The number of amides is 1. The fourth-order valence-electron chi connectivity index (χ4n) is 3.95. The lowest BCUT2D eigenvalue weighted by Crippen LogP contribution is -2.39. The molecule has 0 heterocycles. The minimum Gasteiger partial charge on any atom is -0.271 e. The van der Waals surface area contributed by atoms with Gasteiger partial charge in [-0.25, -0.2) is 13.8 Å². The Balaban J connectivity index is 1.61. The predicted molar refractivity (Wildman–Crippen MR) is 141 cm³/mol. The molecule has 0 fully saturated rings. The minimum atomic E-state index is -3.98. The molecule has 7 heteroatoms. The molecule has 0 aliphatic rings. The highest BCUT2D eigenvalue weighted by Gasteiger charge is 2.27. The molecule has 0 aliphatic carbocycles.